The molecule has 3 rings (SSSR count). The molecule has 1 aromatic carbocycles. The number of esters is 1. The number of carbonyl (C=O) groups is 2. The largest absolute Gasteiger partial charge is 0.462 e. The minimum Gasteiger partial charge on any atom is -0.462 e. The van der Waals surface area contributed by atoms with Crippen molar-refractivity contribution in [1.29, 1.82) is 0 Å². The average molecular weight is 572 g/mol. The number of nitrogens with zero attached hydrogens (tertiary/aromatic N) is 3. The maximum atomic E-state index is 12.7. The Morgan fingerprint density at radius 2 is 1.86 bits per heavy atom. The van der Waals surface area contributed by atoms with E-state index in [4.69, 9.17) is 15.5 Å². The van der Waals surface area contributed by atoms with E-state index in [0.717, 1.165) is 55.2 Å². The van der Waals surface area contributed by atoms with Crippen LogP contribution in [0, 0.1) is 12.8 Å². The Bertz CT molecular complexity index is 1280. The highest BCUT2D eigenvalue weighted by Gasteiger charge is 2.21. The van der Waals surface area contributed by atoms with Crippen molar-refractivity contribution in [3.8, 4) is 0 Å². The molecule has 1 aliphatic rings. The van der Waals surface area contributed by atoms with Crippen LogP contribution in [-0.4, -0.2) is 53.7 Å². The maximum Gasteiger partial charge on any atom is 0.339 e. The first-order valence-electron chi connectivity index (χ1n) is 14.9. The lowest BCUT2D eigenvalue weighted by Gasteiger charge is -2.21. The van der Waals surface area contributed by atoms with Gasteiger partial charge < -0.3 is 20.7 Å². The van der Waals surface area contributed by atoms with E-state index in [1.807, 2.05) is 44.2 Å². The number of nitrogens with two attached hydrogens (primary N) is 1. The van der Waals surface area contributed by atoms with Gasteiger partial charge in [0.1, 0.15) is 5.82 Å². The Morgan fingerprint density at radius 3 is 2.48 bits per heavy atom. The third kappa shape index (κ3) is 11.1. The topological polar surface area (TPSA) is 110 Å². The summed E-state index contributed by atoms with van der Waals surface area (Å²) in [5.74, 6) is 0.253. The number of nitrogens with one attached hydrogen (secondary N) is 1. The third-order valence-electron chi connectivity index (χ3n) is 7.02. The number of benzene rings is 1. The van der Waals surface area contributed by atoms with Gasteiger partial charge in [0.25, 0.3) is 5.91 Å². The van der Waals surface area contributed by atoms with E-state index in [0.29, 0.717) is 24.3 Å². The van der Waals surface area contributed by atoms with Crippen molar-refractivity contribution in [2.75, 3.05) is 31.6 Å². The zero-order valence-electron chi connectivity index (χ0n) is 25.3. The quantitative estimate of drug-likeness (QED) is 0.0757. The second kappa shape index (κ2) is 17.0. The van der Waals surface area contributed by atoms with Gasteiger partial charge in [-0.25, -0.2) is 9.78 Å². The summed E-state index contributed by atoms with van der Waals surface area (Å²) in [6.07, 6.45) is 12.9. The molecule has 8 heteroatoms. The van der Waals surface area contributed by atoms with Crippen molar-refractivity contribution in [2.24, 2.45) is 16.6 Å². The van der Waals surface area contributed by atoms with Crippen LogP contribution in [0.15, 0.2) is 78.1 Å². The number of ether oxygens (including phenoxy) is 1. The van der Waals surface area contributed by atoms with E-state index in [1.54, 1.807) is 24.3 Å². The number of hydrogen-bond donors (Lipinski definition) is 2. The molecule has 0 unspecified atom stereocenters. The lowest BCUT2D eigenvalue weighted by Crippen LogP contribution is -2.28. The molecule has 1 aliphatic carbocycles. The number of hydrogen-bond acceptors (Lipinski definition) is 7. The Kier molecular flexibility index (Phi) is 13.2. The van der Waals surface area contributed by atoms with Gasteiger partial charge >= 0.3 is 5.97 Å². The fourth-order valence-corrected chi connectivity index (χ4v) is 4.38. The van der Waals surface area contributed by atoms with E-state index in [2.05, 4.69) is 28.7 Å². The molecule has 0 bridgehead atoms. The van der Waals surface area contributed by atoms with Crippen molar-refractivity contribution in [3.63, 3.8) is 0 Å². The highest BCUT2D eigenvalue weighted by molar-refractivity contribution is 6.09. The predicted molar refractivity (Wildman–Crippen MR) is 171 cm³/mol. The van der Waals surface area contributed by atoms with Crippen LogP contribution in [0.4, 0.5) is 5.82 Å². The predicted octanol–water partition coefficient (Wildman–Crippen LogP) is 6.31. The lowest BCUT2D eigenvalue weighted by atomic mass is 10.1. The van der Waals surface area contributed by atoms with Crippen molar-refractivity contribution < 1.29 is 14.3 Å². The molecule has 2 aromatic rings. The van der Waals surface area contributed by atoms with E-state index < -0.39 is 11.9 Å². The molecule has 42 heavy (non-hydrogen) atoms. The number of carbonyl (C=O) groups excluding carboxylic acids is 2. The molecule has 3 N–H and O–H groups in total. The van der Waals surface area contributed by atoms with Crippen molar-refractivity contribution in [2.45, 2.75) is 59.3 Å². The molecule has 224 valence electrons. The summed E-state index contributed by atoms with van der Waals surface area (Å²) in [5.41, 5.74) is 9.88. The molecule has 0 atom stereocenters. The average Bonchev–Trinajstić information content (AvgIpc) is 3.82. The number of aromatic nitrogens is 1. The molecule has 0 saturated heterocycles. The first-order chi connectivity index (χ1) is 20.3. The van der Waals surface area contributed by atoms with E-state index in [-0.39, 0.29) is 11.5 Å². The van der Waals surface area contributed by atoms with Crippen LogP contribution < -0.4 is 11.1 Å². The van der Waals surface area contributed by atoms with Crippen LogP contribution >= 0.6 is 0 Å². The minimum absolute atomic E-state index is 0.00278. The number of rotatable bonds is 17. The van der Waals surface area contributed by atoms with E-state index >= 15 is 0 Å². The fraction of sp³-hybridized carbons (Fsp3) is 0.412. The molecule has 8 nitrogen and oxygen atoms in total. The Hall–Kier alpha value is -4.04. The van der Waals surface area contributed by atoms with Crippen LogP contribution in [0.5, 0.6) is 0 Å². The van der Waals surface area contributed by atoms with Gasteiger partial charge in [0.15, 0.2) is 0 Å². The number of aliphatic imine (C=N–C) groups is 1. The molecule has 1 fully saturated rings. The van der Waals surface area contributed by atoms with Crippen LogP contribution in [0.2, 0.25) is 0 Å². The second-order valence-corrected chi connectivity index (χ2v) is 10.7. The maximum absolute atomic E-state index is 12.7. The van der Waals surface area contributed by atoms with Crippen LogP contribution in [0.25, 0.3) is 5.70 Å². The summed E-state index contributed by atoms with van der Waals surface area (Å²) >= 11 is 0. The second-order valence-electron chi connectivity index (χ2n) is 10.7. The molecule has 0 spiro atoms. The number of amides is 1. The Balaban J connectivity index is 1.51. The zero-order valence-corrected chi connectivity index (χ0v) is 25.3. The molecule has 1 amide bonds. The van der Waals surface area contributed by atoms with Crippen molar-refractivity contribution in [3.05, 3.63) is 89.8 Å². The summed E-state index contributed by atoms with van der Waals surface area (Å²) in [4.78, 5) is 36.6. The van der Waals surface area contributed by atoms with Gasteiger partial charge in [-0.1, -0.05) is 69.2 Å². The lowest BCUT2D eigenvalue weighted by molar-refractivity contribution is -0.112. The Labute approximate surface area is 250 Å². The van der Waals surface area contributed by atoms with Gasteiger partial charge in [0.2, 0.25) is 0 Å². The molecular formula is C34H45N5O3. The van der Waals surface area contributed by atoms with Crippen LogP contribution in [0.1, 0.15) is 73.9 Å². The third-order valence-corrected chi connectivity index (χ3v) is 7.02. The minimum atomic E-state index is -0.512. The fourth-order valence-electron chi connectivity index (χ4n) is 4.38. The van der Waals surface area contributed by atoms with Crippen molar-refractivity contribution in [1.82, 2.24) is 9.88 Å². The number of anilines is 1. The number of aryl methyl sites for hydroxylation is 1. The van der Waals surface area contributed by atoms with Gasteiger partial charge in [0, 0.05) is 24.0 Å². The highest BCUT2D eigenvalue weighted by atomic mass is 16.5. The number of allylic oxidation sites excluding steroid dienone is 3. The van der Waals surface area contributed by atoms with Gasteiger partial charge in [-0.3, -0.25) is 9.79 Å². The smallest absolute Gasteiger partial charge is 0.339 e. The molecular weight excluding hydrogens is 526 g/mol. The SMILES string of the molecule is C=C\C=C(/N=C(/C=C(\N)C(=O)Nc1ccc(C(=O)OCCCN(CCC)CCC2CC2)cn1)CC)c1ccc(C)cc1. The van der Waals surface area contributed by atoms with Crippen LogP contribution in [0.3, 0.4) is 0 Å². The van der Waals surface area contributed by atoms with Gasteiger partial charge in [0.05, 0.1) is 23.6 Å². The van der Waals surface area contributed by atoms with Gasteiger partial charge in [-0.2, -0.15) is 0 Å². The summed E-state index contributed by atoms with van der Waals surface area (Å²) < 4.78 is 5.45. The molecule has 1 aromatic heterocycles. The van der Waals surface area contributed by atoms with Gasteiger partial charge in [-0.15, -0.1) is 0 Å². The Morgan fingerprint density at radius 1 is 1.12 bits per heavy atom. The highest BCUT2D eigenvalue weighted by Crippen LogP contribution is 2.32. The first-order valence-corrected chi connectivity index (χ1v) is 14.9. The van der Waals surface area contributed by atoms with Crippen molar-refractivity contribution >= 4 is 29.1 Å². The normalized spacial score (nSPS) is 14.1. The number of pyridine rings is 1. The van der Waals surface area contributed by atoms with Crippen LogP contribution in [-0.2, 0) is 9.53 Å². The van der Waals surface area contributed by atoms with E-state index in [9.17, 15) is 9.59 Å². The molecule has 1 saturated carbocycles. The summed E-state index contributed by atoms with van der Waals surface area (Å²) in [6.45, 7) is 13.4. The summed E-state index contributed by atoms with van der Waals surface area (Å²) in [7, 11) is 0. The summed E-state index contributed by atoms with van der Waals surface area (Å²) in [6, 6.07) is 11.1. The van der Waals surface area contributed by atoms with Gasteiger partial charge in [-0.05, 0) is 75.9 Å². The summed E-state index contributed by atoms with van der Waals surface area (Å²) in [5, 5.41) is 2.67. The zero-order chi connectivity index (χ0) is 30.3. The monoisotopic (exact) mass is 571 g/mol. The van der Waals surface area contributed by atoms with E-state index in [1.165, 1.54) is 25.5 Å². The molecule has 0 aliphatic heterocycles. The first kappa shape index (κ1) is 32.5. The standard InChI is InChI=1S/C34H45N5O3/c1-5-9-31(27-14-10-25(4)11-15-27)37-29(7-3)23-30(35)33(40)38-32-17-16-28(24-36-32)34(41)42-22-8-20-39(19-6-2)21-18-26-12-13-26/h5,9-11,14-17,23-24,26H,1,6-8,12-13,18-22,35H2,2-4H3,(H,36,38,40)/b30-23-,31-9-,37-29+. The molecule has 0 radical (unpaired) electrons. The molecule has 1 heterocycles.